The van der Waals surface area contributed by atoms with Crippen molar-refractivity contribution in [2.45, 2.75) is 25.9 Å². The highest BCUT2D eigenvalue weighted by atomic mass is 16.5. The molecule has 1 fully saturated rings. The number of pyridine rings is 1. The third kappa shape index (κ3) is 2.37. The van der Waals surface area contributed by atoms with Crippen molar-refractivity contribution >= 4 is 5.91 Å². The summed E-state index contributed by atoms with van der Waals surface area (Å²) in [6.45, 7) is 4.55. The largest absolute Gasteiger partial charge is 0.379 e. The van der Waals surface area contributed by atoms with Crippen LogP contribution in [0.2, 0.25) is 0 Å². The summed E-state index contributed by atoms with van der Waals surface area (Å²) in [6.07, 6.45) is 1.71. The first-order valence-corrected chi connectivity index (χ1v) is 6.09. The second-order valence-electron chi connectivity index (χ2n) is 4.99. The Morgan fingerprint density at radius 1 is 1.67 bits per heavy atom. The number of rotatable bonds is 3. The van der Waals surface area contributed by atoms with Gasteiger partial charge in [0.25, 0.3) is 0 Å². The van der Waals surface area contributed by atoms with Gasteiger partial charge < -0.3 is 15.8 Å². The Morgan fingerprint density at radius 3 is 3.00 bits per heavy atom. The summed E-state index contributed by atoms with van der Waals surface area (Å²) >= 11 is 0. The SMILES string of the molecule is C[C@@H](NC(=O)C1(C)COCC1N)c1ccccn1. The van der Waals surface area contributed by atoms with Gasteiger partial charge in [-0.2, -0.15) is 0 Å². The topological polar surface area (TPSA) is 77.2 Å². The van der Waals surface area contributed by atoms with Crippen molar-refractivity contribution in [3.8, 4) is 0 Å². The molecule has 0 radical (unpaired) electrons. The molecule has 1 amide bonds. The Bertz CT molecular complexity index is 424. The summed E-state index contributed by atoms with van der Waals surface area (Å²) in [5.74, 6) is -0.0781. The molecule has 18 heavy (non-hydrogen) atoms. The van der Waals surface area contributed by atoms with Crippen LogP contribution in [0.25, 0.3) is 0 Å². The molecular weight excluding hydrogens is 230 g/mol. The number of nitrogens with two attached hydrogens (primary N) is 1. The highest BCUT2D eigenvalue weighted by molar-refractivity contribution is 5.83. The van der Waals surface area contributed by atoms with Crippen molar-refractivity contribution in [2.24, 2.45) is 11.1 Å². The monoisotopic (exact) mass is 249 g/mol. The number of nitrogens with one attached hydrogen (secondary N) is 1. The van der Waals surface area contributed by atoms with Crippen molar-refractivity contribution in [2.75, 3.05) is 13.2 Å². The zero-order valence-electron chi connectivity index (χ0n) is 10.7. The van der Waals surface area contributed by atoms with Crippen molar-refractivity contribution in [3.63, 3.8) is 0 Å². The minimum Gasteiger partial charge on any atom is -0.379 e. The fourth-order valence-corrected chi connectivity index (χ4v) is 1.99. The van der Waals surface area contributed by atoms with Crippen molar-refractivity contribution in [1.82, 2.24) is 10.3 Å². The van der Waals surface area contributed by atoms with E-state index >= 15 is 0 Å². The fourth-order valence-electron chi connectivity index (χ4n) is 1.99. The molecular formula is C13H19N3O2. The second-order valence-corrected chi connectivity index (χ2v) is 4.99. The van der Waals surface area contributed by atoms with Gasteiger partial charge in [0, 0.05) is 12.2 Å². The zero-order chi connectivity index (χ0) is 13.2. The molecule has 5 nitrogen and oxygen atoms in total. The van der Waals surface area contributed by atoms with E-state index in [1.165, 1.54) is 0 Å². The minimum absolute atomic E-state index is 0.0781. The molecule has 2 rings (SSSR count). The molecule has 1 aromatic rings. The van der Waals surface area contributed by atoms with Crippen LogP contribution in [0.3, 0.4) is 0 Å². The van der Waals surface area contributed by atoms with Crippen LogP contribution in [0.1, 0.15) is 25.6 Å². The Kier molecular flexibility index (Phi) is 3.63. The van der Waals surface area contributed by atoms with Crippen LogP contribution in [0.5, 0.6) is 0 Å². The van der Waals surface area contributed by atoms with Crippen molar-refractivity contribution in [3.05, 3.63) is 30.1 Å². The standard InChI is InChI=1S/C13H19N3O2/c1-9(10-5-3-4-6-15-10)16-12(17)13(2)8-18-7-11(13)14/h3-6,9,11H,7-8,14H2,1-2H3,(H,16,17)/t9-,11?,13?/m1/s1. The predicted molar refractivity (Wildman–Crippen MR) is 67.7 cm³/mol. The molecule has 1 aliphatic heterocycles. The number of hydrogen-bond acceptors (Lipinski definition) is 4. The Hall–Kier alpha value is -1.46. The highest BCUT2D eigenvalue weighted by Crippen LogP contribution is 2.28. The fraction of sp³-hybridized carbons (Fsp3) is 0.538. The van der Waals surface area contributed by atoms with Crippen LogP contribution in [-0.4, -0.2) is 30.1 Å². The highest BCUT2D eigenvalue weighted by Gasteiger charge is 2.44. The van der Waals surface area contributed by atoms with Crippen LogP contribution in [0.15, 0.2) is 24.4 Å². The van der Waals surface area contributed by atoms with E-state index in [-0.39, 0.29) is 18.0 Å². The van der Waals surface area contributed by atoms with E-state index in [2.05, 4.69) is 10.3 Å². The van der Waals surface area contributed by atoms with Gasteiger partial charge in [0.15, 0.2) is 0 Å². The third-order valence-electron chi connectivity index (χ3n) is 3.52. The second kappa shape index (κ2) is 5.04. The average Bonchev–Trinajstić information content (AvgIpc) is 2.72. The van der Waals surface area contributed by atoms with Crippen LogP contribution in [0, 0.1) is 5.41 Å². The number of aromatic nitrogens is 1. The molecule has 0 spiro atoms. The molecule has 1 aliphatic rings. The molecule has 0 saturated carbocycles. The first-order valence-electron chi connectivity index (χ1n) is 6.09. The summed E-state index contributed by atoms with van der Waals surface area (Å²) < 4.78 is 5.28. The number of carbonyl (C=O) groups is 1. The molecule has 98 valence electrons. The van der Waals surface area contributed by atoms with Gasteiger partial charge in [-0.05, 0) is 26.0 Å². The van der Waals surface area contributed by atoms with E-state index in [1.807, 2.05) is 32.0 Å². The molecule has 5 heteroatoms. The van der Waals surface area contributed by atoms with Gasteiger partial charge in [0.1, 0.15) is 0 Å². The molecule has 3 atom stereocenters. The third-order valence-corrected chi connectivity index (χ3v) is 3.52. The van der Waals surface area contributed by atoms with Gasteiger partial charge in [-0.25, -0.2) is 0 Å². The number of nitrogens with zero attached hydrogens (tertiary/aromatic N) is 1. The maximum Gasteiger partial charge on any atom is 0.230 e. The molecule has 2 heterocycles. The first-order chi connectivity index (χ1) is 8.54. The maximum absolute atomic E-state index is 12.3. The molecule has 0 aromatic carbocycles. The smallest absolute Gasteiger partial charge is 0.230 e. The molecule has 0 aliphatic carbocycles. The van der Waals surface area contributed by atoms with Crippen LogP contribution in [0.4, 0.5) is 0 Å². The van der Waals surface area contributed by atoms with Gasteiger partial charge >= 0.3 is 0 Å². The zero-order valence-corrected chi connectivity index (χ0v) is 10.7. The number of carbonyl (C=O) groups excluding carboxylic acids is 1. The quantitative estimate of drug-likeness (QED) is 0.823. The van der Waals surface area contributed by atoms with Gasteiger partial charge in [0.05, 0.1) is 30.4 Å². The van der Waals surface area contributed by atoms with Crippen molar-refractivity contribution < 1.29 is 9.53 Å². The first kappa shape index (κ1) is 13.0. The Morgan fingerprint density at radius 2 is 2.44 bits per heavy atom. The molecule has 2 unspecified atom stereocenters. The van der Waals surface area contributed by atoms with Gasteiger partial charge in [-0.3, -0.25) is 9.78 Å². The maximum atomic E-state index is 12.3. The van der Waals surface area contributed by atoms with E-state index in [0.29, 0.717) is 13.2 Å². The average molecular weight is 249 g/mol. The normalized spacial score (nSPS) is 28.9. The molecule has 0 bridgehead atoms. The molecule has 3 N–H and O–H groups in total. The van der Waals surface area contributed by atoms with Gasteiger partial charge in [-0.1, -0.05) is 6.07 Å². The summed E-state index contributed by atoms with van der Waals surface area (Å²) in [4.78, 5) is 16.5. The molecule has 1 saturated heterocycles. The predicted octanol–water partition coefficient (Wildman–Crippen LogP) is 0.623. The van der Waals surface area contributed by atoms with E-state index in [9.17, 15) is 4.79 Å². The van der Waals surface area contributed by atoms with Gasteiger partial charge in [0.2, 0.25) is 5.91 Å². The van der Waals surface area contributed by atoms with Crippen LogP contribution >= 0.6 is 0 Å². The Labute approximate surface area is 107 Å². The molecule has 1 aromatic heterocycles. The van der Waals surface area contributed by atoms with E-state index in [1.54, 1.807) is 6.20 Å². The van der Waals surface area contributed by atoms with Crippen molar-refractivity contribution in [1.29, 1.82) is 0 Å². The lowest BCUT2D eigenvalue weighted by Gasteiger charge is -2.27. The lowest BCUT2D eigenvalue weighted by molar-refractivity contribution is -0.131. The number of amides is 1. The van der Waals surface area contributed by atoms with Gasteiger partial charge in [-0.15, -0.1) is 0 Å². The minimum atomic E-state index is -0.650. The summed E-state index contributed by atoms with van der Waals surface area (Å²) in [7, 11) is 0. The lowest BCUT2D eigenvalue weighted by Crippen LogP contribution is -2.50. The Balaban J connectivity index is 2.04. The van der Waals surface area contributed by atoms with Crippen LogP contribution < -0.4 is 11.1 Å². The van der Waals surface area contributed by atoms with E-state index in [4.69, 9.17) is 10.5 Å². The number of hydrogen-bond donors (Lipinski definition) is 2. The van der Waals surface area contributed by atoms with E-state index < -0.39 is 5.41 Å². The summed E-state index contributed by atoms with van der Waals surface area (Å²) in [6, 6.07) is 5.24. The lowest BCUT2D eigenvalue weighted by atomic mass is 9.84. The number of ether oxygens (including phenoxy) is 1. The summed E-state index contributed by atoms with van der Waals surface area (Å²) in [5, 5.41) is 2.95. The van der Waals surface area contributed by atoms with Crippen LogP contribution in [-0.2, 0) is 9.53 Å². The van der Waals surface area contributed by atoms with E-state index in [0.717, 1.165) is 5.69 Å². The summed E-state index contributed by atoms with van der Waals surface area (Å²) in [5.41, 5.74) is 6.11.